The summed E-state index contributed by atoms with van der Waals surface area (Å²) in [6.45, 7) is 6.16. The third kappa shape index (κ3) is 5.49. The molecule has 0 bridgehead atoms. The lowest BCUT2D eigenvalue weighted by Gasteiger charge is -2.21. The van der Waals surface area contributed by atoms with Gasteiger partial charge in [-0.15, -0.1) is 0 Å². The van der Waals surface area contributed by atoms with Crippen LogP contribution >= 0.6 is 0 Å². The largest absolute Gasteiger partial charge is 0.491 e. The van der Waals surface area contributed by atoms with Gasteiger partial charge in [-0.1, -0.05) is 23.8 Å². The number of ether oxygens (including phenoxy) is 2. The van der Waals surface area contributed by atoms with E-state index in [1.165, 1.54) is 29.5 Å². The Balaban J connectivity index is 1.47. The van der Waals surface area contributed by atoms with Crippen LogP contribution in [0.2, 0.25) is 0 Å². The first-order chi connectivity index (χ1) is 13.0. The summed E-state index contributed by atoms with van der Waals surface area (Å²) in [5, 5.41) is 2.95. The van der Waals surface area contributed by atoms with E-state index >= 15 is 0 Å². The lowest BCUT2D eigenvalue weighted by molar-refractivity contribution is -0.128. The zero-order chi connectivity index (χ0) is 19.2. The third-order valence-corrected chi connectivity index (χ3v) is 4.91. The van der Waals surface area contributed by atoms with Crippen molar-refractivity contribution in [2.45, 2.75) is 58.6 Å². The molecule has 1 amide bonds. The Labute approximate surface area is 161 Å². The molecule has 3 rings (SSSR count). The number of carbonyl (C=O) groups is 1. The molecule has 2 aromatic rings. The molecule has 0 saturated carbocycles. The van der Waals surface area contributed by atoms with Crippen molar-refractivity contribution < 1.29 is 14.3 Å². The number of benzene rings is 2. The Hall–Kier alpha value is -2.49. The van der Waals surface area contributed by atoms with Gasteiger partial charge in [-0.3, -0.25) is 4.79 Å². The second kappa shape index (κ2) is 8.94. The van der Waals surface area contributed by atoms with Crippen LogP contribution in [0.25, 0.3) is 0 Å². The summed E-state index contributed by atoms with van der Waals surface area (Å²) in [4.78, 5) is 12.4. The van der Waals surface area contributed by atoms with Crippen molar-refractivity contribution in [2.24, 2.45) is 0 Å². The van der Waals surface area contributed by atoms with E-state index in [1.54, 1.807) is 6.92 Å². The number of carbonyl (C=O) groups excluding carboxylic acids is 1. The molecule has 27 heavy (non-hydrogen) atoms. The third-order valence-electron chi connectivity index (χ3n) is 4.91. The first kappa shape index (κ1) is 19.3. The summed E-state index contributed by atoms with van der Waals surface area (Å²) in [6.07, 6.45) is 4.18. The van der Waals surface area contributed by atoms with Crippen molar-refractivity contribution in [3.05, 3.63) is 59.2 Å². The van der Waals surface area contributed by atoms with E-state index in [4.69, 9.17) is 9.47 Å². The normalized spacial score (nSPS) is 15.4. The predicted molar refractivity (Wildman–Crippen MR) is 107 cm³/mol. The summed E-state index contributed by atoms with van der Waals surface area (Å²) in [7, 11) is 0. The quantitative estimate of drug-likeness (QED) is 0.797. The highest BCUT2D eigenvalue weighted by Crippen LogP contribution is 2.25. The van der Waals surface area contributed by atoms with E-state index in [1.807, 2.05) is 44.2 Å². The lowest BCUT2D eigenvalue weighted by Crippen LogP contribution is -2.43. The van der Waals surface area contributed by atoms with Gasteiger partial charge in [-0.25, -0.2) is 0 Å². The summed E-state index contributed by atoms with van der Waals surface area (Å²) >= 11 is 0. The van der Waals surface area contributed by atoms with Gasteiger partial charge in [0.1, 0.15) is 18.1 Å². The average molecular weight is 367 g/mol. The maximum Gasteiger partial charge on any atom is 0.261 e. The molecule has 0 saturated heterocycles. The Morgan fingerprint density at radius 3 is 2.41 bits per heavy atom. The van der Waals surface area contributed by atoms with Crippen LogP contribution in [0.5, 0.6) is 11.5 Å². The molecule has 1 aliphatic carbocycles. The maximum absolute atomic E-state index is 12.4. The fourth-order valence-corrected chi connectivity index (χ4v) is 3.30. The Morgan fingerprint density at radius 1 is 1.00 bits per heavy atom. The minimum absolute atomic E-state index is 0.103. The van der Waals surface area contributed by atoms with Gasteiger partial charge in [0, 0.05) is 0 Å². The van der Waals surface area contributed by atoms with E-state index in [-0.39, 0.29) is 11.9 Å². The van der Waals surface area contributed by atoms with Gasteiger partial charge >= 0.3 is 0 Å². The molecule has 144 valence electrons. The zero-order valence-corrected chi connectivity index (χ0v) is 16.5. The highest BCUT2D eigenvalue weighted by Gasteiger charge is 2.18. The molecule has 4 heteroatoms. The maximum atomic E-state index is 12.4. The zero-order valence-electron chi connectivity index (χ0n) is 16.5. The first-order valence-corrected chi connectivity index (χ1v) is 9.79. The Bertz CT molecular complexity index is 770. The van der Waals surface area contributed by atoms with Crippen LogP contribution in [-0.2, 0) is 17.6 Å². The summed E-state index contributed by atoms with van der Waals surface area (Å²) in [5.41, 5.74) is 3.95. The lowest BCUT2D eigenvalue weighted by atomic mass is 9.92. The molecular weight excluding hydrogens is 338 g/mol. The standard InChI is InChI=1S/C23H29NO3/c1-16-8-11-21(12-9-16)26-15-17(2)24-23(25)18(3)27-22-13-10-19-6-4-5-7-20(19)14-22/h8-14,17-18H,4-7,15H2,1-3H3,(H,24,25)/t17-,18-/m1/s1. The number of aryl methyl sites for hydroxylation is 3. The Morgan fingerprint density at radius 2 is 1.67 bits per heavy atom. The molecule has 0 radical (unpaired) electrons. The molecule has 0 spiro atoms. The number of nitrogens with one attached hydrogen (secondary N) is 1. The minimum Gasteiger partial charge on any atom is -0.491 e. The van der Waals surface area contributed by atoms with Crippen LogP contribution in [0.1, 0.15) is 43.4 Å². The number of hydrogen-bond donors (Lipinski definition) is 1. The highest BCUT2D eigenvalue weighted by atomic mass is 16.5. The van der Waals surface area contributed by atoms with E-state index < -0.39 is 6.10 Å². The van der Waals surface area contributed by atoms with Crippen molar-refractivity contribution >= 4 is 5.91 Å². The molecule has 0 aromatic heterocycles. The van der Waals surface area contributed by atoms with Crippen LogP contribution in [0, 0.1) is 6.92 Å². The predicted octanol–water partition coefficient (Wildman–Crippen LogP) is 4.22. The van der Waals surface area contributed by atoms with E-state index in [0.29, 0.717) is 6.61 Å². The molecular formula is C23H29NO3. The fourth-order valence-electron chi connectivity index (χ4n) is 3.30. The highest BCUT2D eigenvalue weighted by molar-refractivity contribution is 5.81. The van der Waals surface area contributed by atoms with Crippen molar-refractivity contribution in [2.75, 3.05) is 6.61 Å². The van der Waals surface area contributed by atoms with Gasteiger partial charge in [0.2, 0.25) is 0 Å². The molecule has 0 aliphatic heterocycles. The monoisotopic (exact) mass is 367 g/mol. The second-order valence-electron chi connectivity index (χ2n) is 7.43. The van der Waals surface area contributed by atoms with Crippen molar-refractivity contribution in [3.8, 4) is 11.5 Å². The molecule has 0 fully saturated rings. The summed E-state index contributed by atoms with van der Waals surface area (Å²) in [6, 6.07) is 14.0. The number of rotatable bonds is 7. The smallest absolute Gasteiger partial charge is 0.261 e. The van der Waals surface area contributed by atoms with Gasteiger partial charge in [-0.2, -0.15) is 0 Å². The number of fused-ring (bicyclic) bond motifs is 1. The SMILES string of the molecule is Cc1ccc(OC[C@@H](C)NC(=O)[C@@H](C)Oc2ccc3c(c2)CCCC3)cc1. The molecule has 0 heterocycles. The number of amides is 1. The molecule has 2 aromatic carbocycles. The summed E-state index contributed by atoms with van der Waals surface area (Å²) in [5.74, 6) is 1.44. The minimum atomic E-state index is -0.548. The molecule has 2 atom stereocenters. The van der Waals surface area contributed by atoms with Crippen molar-refractivity contribution in [1.29, 1.82) is 0 Å². The van der Waals surface area contributed by atoms with Crippen molar-refractivity contribution in [3.63, 3.8) is 0 Å². The average Bonchev–Trinajstić information content (AvgIpc) is 2.67. The van der Waals surface area contributed by atoms with Crippen LogP contribution in [0.15, 0.2) is 42.5 Å². The summed E-state index contributed by atoms with van der Waals surface area (Å²) < 4.78 is 11.6. The fraction of sp³-hybridized carbons (Fsp3) is 0.435. The van der Waals surface area contributed by atoms with E-state index in [2.05, 4.69) is 17.4 Å². The molecule has 0 unspecified atom stereocenters. The molecule has 1 N–H and O–H groups in total. The van der Waals surface area contributed by atoms with Crippen LogP contribution in [-0.4, -0.2) is 24.7 Å². The number of hydrogen-bond acceptors (Lipinski definition) is 3. The van der Waals surface area contributed by atoms with Crippen LogP contribution in [0.4, 0.5) is 0 Å². The van der Waals surface area contributed by atoms with E-state index in [0.717, 1.165) is 24.3 Å². The molecule has 1 aliphatic rings. The first-order valence-electron chi connectivity index (χ1n) is 9.79. The topological polar surface area (TPSA) is 47.6 Å². The van der Waals surface area contributed by atoms with Gasteiger partial charge in [0.05, 0.1) is 6.04 Å². The second-order valence-corrected chi connectivity index (χ2v) is 7.43. The van der Waals surface area contributed by atoms with Crippen LogP contribution < -0.4 is 14.8 Å². The van der Waals surface area contributed by atoms with Crippen LogP contribution in [0.3, 0.4) is 0 Å². The Kier molecular flexibility index (Phi) is 6.38. The molecule has 4 nitrogen and oxygen atoms in total. The van der Waals surface area contributed by atoms with Gasteiger partial charge in [0.15, 0.2) is 6.10 Å². The van der Waals surface area contributed by atoms with Gasteiger partial charge < -0.3 is 14.8 Å². The van der Waals surface area contributed by atoms with E-state index in [9.17, 15) is 4.79 Å². The van der Waals surface area contributed by atoms with Gasteiger partial charge in [0.25, 0.3) is 5.91 Å². The van der Waals surface area contributed by atoms with Crippen molar-refractivity contribution in [1.82, 2.24) is 5.32 Å². The van der Waals surface area contributed by atoms with Gasteiger partial charge in [-0.05, 0) is 81.8 Å².